The van der Waals surface area contributed by atoms with E-state index in [-0.39, 0.29) is 5.91 Å². The van der Waals surface area contributed by atoms with Gasteiger partial charge in [0, 0.05) is 24.2 Å². The summed E-state index contributed by atoms with van der Waals surface area (Å²) in [7, 11) is 1.63. The van der Waals surface area contributed by atoms with Crippen LogP contribution in [0.15, 0.2) is 67.4 Å². The largest absolute Gasteiger partial charge is 0.491 e. The molecule has 0 bridgehead atoms. The predicted molar refractivity (Wildman–Crippen MR) is 122 cm³/mol. The Bertz CT molecular complexity index is 1040. The first-order valence-corrected chi connectivity index (χ1v) is 9.49. The second kappa shape index (κ2) is 10.6. The second-order valence-corrected chi connectivity index (χ2v) is 6.39. The lowest BCUT2D eigenvalue weighted by Gasteiger charge is -2.12. The molecule has 1 aromatic heterocycles. The van der Waals surface area contributed by atoms with Crippen LogP contribution in [0.1, 0.15) is 0 Å². The summed E-state index contributed by atoms with van der Waals surface area (Å²) >= 11 is 0. The van der Waals surface area contributed by atoms with E-state index in [1.165, 1.54) is 12.3 Å². The van der Waals surface area contributed by atoms with Crippen LogP contribution in [0.2, 0.25) is 0 Å². The summed E-state index contributed by atoms with van der Waals surface area (Å²) < 4.78 is 10.5. The third-order valence-corrected chi connectivity index (χ3v) is 4.06. The van der Waals surface area contributed by atoms with Crippen molar-refractivity contribution in [2.75, 3.05) is 42.0 Å². The number of benzene rings is 2. The van der Waals surface area contributed by atoms with Crippen molar-refractivity contribution in [3.8, 4) is 5.75 Å². The normalized spacial score (nSPS) is 10.2. The Morgan fingerprint density at radius 1 is 1.10 bits per heavy atom. The number of nitrogens with zero attached hydrogens (tertiary/aromatic N) is 2. The summed E-state index contributed by atoms with van der Waals surface area (Å²) in [6.07, 6.45) is 2.72. The molecule has 0 radical (unpaired) electrons. The smallest absolute Gasteiger partial charge is 0.247 e. The van der Waals surface area contributed by atoms with Crippen molar-refractivity contribution >= 4 is 40.4 Å². The molecule has 2 aromatic carbocycles. The number of hydrogen-bond acceptors (Lipinski definition) is 8. The molecule has 9 nitrogen and oxygen atoms in total. The lowest BCUT2D eigenvalue weighted by molar-refractivity contribution is -0.111. The van der Waals surface area contributed by atoms with Crippen molar-refractivity contribution in [2.45, 2.75) is 0 Å². The number of rotatable bonds is 10. The third-order valence-electron chi connectivity index (χ3n) is 4.06. The molecule has 0 aliphatic carbocycles. The topological polar surface area (TPSA) is 123 Å². The molecule has 0 spiro atoms. The average Bonchev–Trinajstić information content (AvgIpc) is 2.77. The molecule has 0 aliphatic rings. The van der Waals surface area contributed by atoms with Gasteiger partial charge in [-0.25, -0.2) is 4.98 Å². The second-order valence-electron chi connectivity index (χ2n) is 6.39. The molecule has 0 aliphatic heterocycles. The molecule has 31 heavy (non-hydrogen) atoms. The number of hydrogen-bond donors (Lipinski definition) is 4. The third kappa shape index (κ3) is 6.44. The maximum absolute atomic E-state index is 11.5. The molecule has 9 heteroatoms. The van der Waals surface area contributed by atoms with Gasteiger partial charge in [0.2, 0.25) is 11.9 Å². The van der Waals surface area contributed by atoms with Gasteiger partial charge < -0.3 is 31.2 Å². The van der Waals surface area contributed by atoms with E-state index in [1.54, 1.807) is 25.3 Å². The molecule has 160 valence electrons. The van der Waals surface area contributed by atoms with Gasteiger partial charge in [0.25, 0.3) is 0 Å². The highest BCUT2D eigenvalue weighted by molar-refractivity contribution is 5.99. The Morgan fingerprint density at radius 2 is 1.87 bits per heavy atom. The standard InChI is InChI=1S/C22H24N6O3/c1-3-20(29)25-16-5-4-6-17(13-16)26-21-19(23)14-24-22(28-21)27-15-7-9-18(10-8-15)31-12-11-30-2/h3-10,13-14H,1,11-12,23H2,2H3,(H,25,29)(H2,24,26,27,28). The Morgan fingerprint density at radius 3 is 2.61 bits per heavy atom. The highest BCUT2D eigenvalue weighted by atomic mass is 16.5. The van der Waals surface area contributed by atoms with Gasteiger partial charge in [-0.05, 0) is 48.5 Å². The Hall–Kier alpha value is -4.11. The number of ether oxygens (including phenoxy) is 2. The van der Waals surface area contributed by atoms with Crippen LogP contribution in [-0.2, 0) is 9.53 Å². The number of carbonyl (C=O) groups excluding carboxylic acids is 1. The fourth-order valence-corrected chi connectivity index (χ4v) is 2.56. The van der Waals surface area contributed by atoms with Gasteiger partial charge in [-0.15, -0.1) is 0 Å². The minimum Gasteiger partial charge on any atom is -0.491 e. The maximum Gasteiger partial charge on any atom is 0.247 e. The van der Waals surface area contributed by atoms with Gasteiger partial charge in [0.05, 0.1) is 18.5 Å². The zero-order valence-electron chi connectivity index (χ0n) is 17.1. The summed E-state index contributed by atoms with van der Waals surface area (Å²) in [6.45, 7) is 4.45. The molecule has 0 saturated heterocycles. The number of carbonyl (C=O) groups is 1. The number of nitrogens with two attached hydrogens (primary N) is 1. The van der Waals surface area contributed by atoms with Crippen LogP contribution in [0.4, 0.5) is 34.5 Å². The van der Waals surface area contributed by atoms with Gasteiger partial charge in [-0.3, -0.25) is 4.79 Å². The number of anilines is 6. The van der Waals surface area contributed by atoms with Gasteiger partial charge in [-0.2, -0.15) is 4.98 Å². The Labute approximate surface area is 180 Å². The van der Waals surface area contributed by atoms with Crippen molar-refractivity contribution in [1.82, 2.24) is 9.97 Å². The molecule has 0 atom stereocenters. The lowest BCUT2D eigenvalue weighted by Crippen LogP contribution is -2.08. The minimum atomic E-state index is -0.291. The van der Waals surface area contributed by atoms with E-state index in [9.17, 15) is 4.79 Å². The van der Waals surface area contributed by atoms with Crippen molar-refractivity contribution in [2.24, 2.45) is 0 Å². The van der Waals surface area contributed by atoms with E-state index in [4.69, 9.17) is 15.2 Å². The van der Waals surface area contributed by atoms with Crippen LogP contribution in [0, 0.1) is 0 Å². The van der Waals surface area contributed by atoms with E-state index in [2.05, 4.69) is 32.5 Å². The van der Waals surface area contributed by atoms with Crippen LogP contribution >= 0.6 is 0 Å². The average molecular weight is 420 g/mol. The van der Waals surface area contributed by atoms with Gasteiger partial charge in [0.1, 0.15) is 12.4 Å². The molecule has 3 aromatic rings. The van der Waals surface area contributed by atoms with Crippen LogP contribution in [0.25, 0.3) is 0 Å². The number of aromatic nitrogens is 2. The predicted octanol–water partition coefficient (Wildman–Crippen LogP) is 3.70. The summed E-state index contributed by atoms with van der Waals surface area (Å²) in [5, 5.41) is 8.98. The molecule has 1 amide bonds. The van der Waals surface area contributed by atoms with E-state index >= 15 is 0 Å². The molecule has 5 N–H and O–H groups in total. The summed E-state index contributed by atoms with van der Waals surface area (Å²) in [6, 6.07) is 14.6. The molecule has 3 rings (SSSR count). The summed E-state index contributed by atoms with van der Waals surface area (Å²) in [5.74, 6) is 1.26. The van der Waals surface area contributed by atoms with Crippen LogP contribution in [0.3, 0.4) is 0 Å². The minimum absolute atomic E-state index is 0.291. The van der Waals surface area contributed by atoms with Crippen molar-refractivity contribution in [1.29, 1.82) is 0 Å². The molecule has 0 fully saturated rings. The van der Waals surface area contributed by atoms with E-state index in [0.717, 1.165) is 11.4 Å². The van der Waals surface area contributed by atoms with E-state index < -0.39 is 0 Å². The zero-order chi connectivity index (χ0) is 22.1. The quantitative estimate of drug-likeness (QED) is 0.289. The fraction of sp³-hybridized carbons (Fsp3) is 0.136. The van der Waals surface area contributed by atoms with Crippen molar-refractivity contribution < 1.29 is 14.3 Å². The maximum atomic E-state index is 11.5. The summed E-state index contributed by atoms with van der Waals surface area (Å²) in [5.41, 5.74) is 8.53. The molecule has 0 unspecified atom stereocenters. The lowest BCUT2D eigenvalue weighted by atomic mass is 10.2. The van der Waals surface area contributed by atoms with Crippen LogP contribution < -0.4 is 26.4 Å². The zero-order valence-corrected chi connectivity index (χ0v) is 17.1. The molecule has 0 saturated carbocycles. The molecule has 1 heterocycles. The molecular weight excluding hydrogens is 396 g/mol. The van der Waals surface area contributed by atoms with Gasteiger partial charge in [0.15, 0.2) is 5.82 Å². The van der Waals surface area contributed by atoms with Crippen LogP contribution in [0.5, 0.6) is 5.75 Å². The first kappa shape index (κ1) is 21.6. The summed E-state index contributed by atoms with van der Waals surface area (Å²) in [4.78, 5) is 20.2. The first-order chi connectivity index (χ1) is 15.1. The van der Waals surface area contributed by atoms with Crippen LogP contribution in [-0.4, -0.2) is 36.2 Å². The Kier molecular flexibility index (Phi) is 7.39. The van der Waals surface area contributed by atoms with Crippen molar-refractivity contribution in [3.05, 3.63) is 67.4 Å². The van der Waals surface area contributed by atoms with E-state index in [1.807, 2.05) is 30.3 Å². The number of methoxy groups -OCH3 is 1. The number of amides is 1. The van der Waals surface area contributed by atoms with Gasteiger partial charge >= 0.3 is 0 Å². The highest BCUT2D eigenvalue weighted by Gasteiger charge is 2.07. The van der Waals surface area contributed by atoms with Gasteiger partial charge in [-0.1, -0.05) is 12.6 Å². The fourth-order valence-electron chi connectivity index (χ4n) is 2.56. The monoisotopic (exact) mass is 420 g/mol. The van der Waals surface area contributed by atoms with E-state index in [0.29, 0.717) is 42.0 Å². The number of nitrogens with one attached hydrogen (secondary N) is 3. The number of nitrogen functional groups attached to an aromatic ring is 1. The van der Waals surface area contributed by atoms with Crippen molar-refractivity contribution in [3.63, 3.8) is 0 Å². The first-order valence-electron chi connectivity index (χ1n) is 9.49. The molecular formula is C22H24N6O3. The Balaban J connectivity index is 1.68. The SMILES string of the molecule is C=CC(=O)Nc1cccc(Nc2nc(Nc3ccc(OCCOC)cc3)ncc2N)c1. The highest BCUT2D eigenvalue weighted by Crippen LogP contribution is 2.25.